The Morgan fingerprint density at radius 2 is 1.82 bits per heavy atom. The summed E-state index contributed by atoms with van der Waals surface area (Å²) in [6.45, 7) is 7.94. The zero-order chi connectivity index (χ0) is 20.6. The number of halogens is 3. The number of alkyl halides is 3. The maximum absolute atomic E-state index is 12.6. The molecule has 1 heterocycles. The van der Waals surface area contributed by atoms with Crippen molar-refractivity contribution in [3.05, 3.63) is 51.5 Å². The zero-order valence-corrected chi connectivity index (χ0v) is 17.1. The molecule has 0 radical (unpaired) electrons. The van der Waals surface area contributed by atoms with Gasteiger partial charge in [0.1, 0.15) is 5.01 Å². The van der Waals surface area contributed by atoms with Gasteiger partial charge in [-0.05, 0) is 24.2 Å². The first-order valence-electron chi connectivity index (χ1n) is 9.12. The van der Waals surface area contributed by atoms with Gasteiger partial charge in [0.25, 0.3) is 0 Å². The van der Waals surface area contributed by atoms with Crippen molar-refractivity contribution in [3.63, 3.8) is 0 Å². The van der Waals surface area contributed by atoms with E-state index in [4.69, 9.17) is 0 Å². The lowest BCUT2D eigenvalue weighted by atomic mass is 10.1. The number of nitrogens with zero attached hydrogens (tertiary/aromatic N) is 3. The predicted molar refractivity (Wildman–Crippen MR) is 107 cm³/mol. The van der Waals surface area contributed by atoms with Gasteiger partial charge >= 0.3 is 6.18 Å². The van der Waals surface area contributed by atoms with E-state index < -0.39 is 11.9 Å². The quantitative estimate of drug-likeness (QED) is 0.510. The van der Waals surface area contributed by atoms with Crippen LogP contribution in [0.1, 0.15) is 35.7 Å². The summed E-state index contributed by atoms with van der Waals surface area (Å²) in [6, 6.07) is 8.31. The third kappa shape index (κ3) is 6.79. The molecule has 0 saturated carbocycles. The van der Waals surface area contributed by atoms with E-state index in [1.54, 1.807) is 7.05 Å². The molecule has 0 saturated heterocycles. The van der Waals surface area contributed by atoms with Crippen LogP contribution in [0, 0.1) is 0 Å². The van der Waals surface area contributed by atoms with Crippen LogP contribution in [0.15, 0.2) is 34.6 Å². The number of aromatic nitrogens is 1. The molecule has 2 aromatic rings. The van der Waals surface area contributed by atoms with Crippen molar-refractivity contribution in [1.82, 2.24) is 20.5 Å². The Bertz CT molecular complexity index is 769. The molecule has 0 aliphatic heterocycles. The summed E-state index contributed by atoms with van der Waals surface area (Å²) >= 11 is 0.974. The molecule has 5 nitrogen and oxygen atoms in total. The predicted octanol–water partition coefficient (Wildman–Crippen LogP) is 3.87. The molecule has 1 aromatic carbocycles. The molecule has 0 atom stereocenters. The van der Waals surface area contributed by atoms with E-state index in [9.17, 15) is 13.2 Å². The average molecular weight is 414 g/mol. The molecular weight excluding hydrogens is 387 g/mol. The molecule has 154 valence electrons. The van der Waals surface area contributed by atoms with Crippen LogP contribution in [0.5, 0.6) is 0 Å². The van der Waals surface area contributed by atoms with Gasteiger partial charge in [0.2, 0.25) is 0 Å². The summed E-state index contributed by atoms with van der Waals surface area (Å²) in [5, 5.41) is 7.56. The minimum Gasteiger partial charge on any atom is -0.352 e. The lowest BCUT2D eigenvalue weighted by Crippen LogP contribution is -2.36. The number of rotatable bonds is 8. The molecule has 28 heavy (non-hydrogen) atoms. The number of thiazole rings is 1. The van der Waals surface area contributed by atoms with Gasteiger partial charge < -0.3 is 10.6 Å². The number of hydrogen-bond donors (Lipinski definition) is 2. The third-order valence-corrected chi connectivity index (χ3v) is 5.07. The van der Waals surface area contributed by atoms with Crippen LogP contribution < -0.4 is 10.6 Å². The van der Waals surface area contributed by atoms with Gasteiger partial charge in [-0.25, -0.2) is 4.98 Å². The molecule has 9 heteroatoms. The second-order valence-corrected chi connectivity index (χ2v) is 7.13. The molecule has 2 N–H and O–H groups in total. The van der Waals surface area contributed by atoms with Crippen molar-refractivity contribution >= 4 is 17.3 Å². The third-order valence-electron chi connectivity index (χ3n) is 4.22. The maximum Gasteiger partial charge on any atom is 0.434 e. The van der Waals surface area contributed by atoms with Crippen LogP contribution in [-0.4, -0.2) is 36.0 Å². The minimum atomic E-state index is -4.41. The summed E-state index contributed by atoms with van der Waals surface area (Å²) in [5.41, 5.74) is 1.50. The average Bonchev–Trinajstić information content (AvgIpc) is 3.16. The van der Waals surface area contributed by atoms with Gasteiger partial charge in [-0.15, -0.1) is 11.3 Å². The highest BCUT2D eigenvalue weighted by Gasteiger charge is 2.33. The molecule has 0 amide bonds. The first kappa shape index (κ1) is 22.2. The summed E-state index contributed by atoms with van der Waals surface area (Å²) in [4.78, 5) is 10.1. The van der Waals surface area contributed by atoms with Gasteiger partial charge in [-0.2, -0.15) is 13.2 Å². The number of benzene rings is 1. The van der Waals surface area contributed by atoms with Gasteiger partial charge in [0.05, 0.1) is 6.54 Å². The molecular formula is C19H26F3N5S. The Morgan fingerprint density at radius 3 is 2.43 bits per heavy atom. The Labute approximate surface area is 167 Å². The topological polar surface area (TPSA) is 52.5 Å². The van der Waals surface area contributed by atoms with Crippen molar-refractivity contribution < 1.29 is 13.2 Å². The van der Waals surface area contributed by atoms with Crippen LogP contribution >= 0.6 is 11.3 Å². The molecule has 2 rings (SSSR count). The van der Waals surface area contributed by atoms with Crippen molar-refractivity contribution in [1.29, 1.82) is 0 Å². The number of nitrogens with one attached hydrogen (secondary N) is 2. The lowest BCUT2D eigenvalue weighted by molar-refractivity contribution is -0.140. The Balaban J connectivity index is 1.87. The standard InChI is InChI=1S/C19H26F3N5S/c1-4-27(5-2)12-15-8-6-7-14(9-15)10-24-18(23-3)25-11-17-26-16(13-28-17)19(20,21)22/h6-9,13H,4-5,10-12H2,1-3H3,(H2,23,24,25). The van der Waals surface area contributed by atoms with E-state index in [2.05, 4.69) is 51.5 Å². The van der Waals surface area contributed by atoms with E-state index in [1.807, 2.05) is 12.1 Å². The highest BCUT2D eigenvalue weighted by molar-refractivity contribution is 7.09. The number of aliphatic imine (C=N–C) groups is 1. The normalized spacial score (nSPS) is 12.5. The van der Waals surface area contributed by atoms with Crippen LogP contribution in [0.25, 0.3) is 0 Å². The van der Waals surface area contributed by atoms with Crippen molar-refractivity contribution in [2.75, 3.05) is 20.1 Å². The maximum atomic E-state index is 12.6. The van der Waals surface area contributed by atoms with E-state index >= 15 is 0 Å². The second kappa shape index (κ2) is 10.4. The van der Waals surface area contributed by atoms with E-state index in [0.717, 1.165) is 41.9 Å². The van der Waals surface area contributed by atoms with Crippen molar-refractivity contribution in [2.45, 2.75) is 39.7 Å². The fourth-order valence-corrected chi connectivity index (χ4v) is 3.37. The number of guanidine groups is 1. The minimum absolute atomic E-state index is 0.183. The molecule has 0 spiro atoms. The highest BCUT2D eigenvalue weighted by Crippen LogP contribution is 2.29. The van der Waals surface area contributed by atoms with Crippen molar-refractivity contribution in [2.24, 2.45) is 4.99 Å². The molecule has 0 unspecified atom stereocenters. The van der Waals surface area contributed by atoms with E-state index in [-0.39, 0.29) is 6.54 Å². The highest BCUT2D eigenvalue weighted by atomic mass is 32.1. The Hall–Kier alpha value is -2.13. The Kier molecular flexibility index (Phi) is 8.25. The summed E-state index contributed by atoms with van der Waals surface area (Å²) < 4.78 is 37.8. The van der Waals surface area contributed by atoms with Crippen LogP contribution in [-0.2, 0) is 25.8 Å². The SMILES string of the molecule is CCN(CC)Cc1cccc(CNC(=NC)NCc2nc(C(F)(F)F)cs2)c1. The smallest absolute Gasteiger partial charge is 0.352 e. The van der Waals surface area contributed by atoms with Crippen LogP contribution in [0.2, 0.25) is 0 Å². The number of hydrogen-bond acceptors (Lipinski definition) is 4. The molecule has 0 aliphatic carbocycles. The zero-order valence-electron chi connectivity index (χ0n) is 16.3. The van der Waals surface area contributed by atoms with E-state index in [1.165, 1.54) is 5.56 Å². The first-order valence-corrected chi connectivity index (χ1v) is 10.00. The lowest BCUT2D eigenvalue weighted by Gasteiger charge is -2.18. The molecule has 1 aromatic heterocycles. The largest absolute Gasteiger partial charge is 0.434 e. The molecule has 0 bridgehead atoms. The fraction of sp³-hybridized carbons (Fsp3) is 0.474. The van der Waals surface area contributed by atoms with E-state index in [0.29, 0.717) is 17.5 Å². The summed E-state index contributed by atoms with van der Waals surface area (Å²) in [5.74, 6) is 0.512. The second-order valence-electron chi connectivity index (χ2n) is 6.18. The summed E-state index contributed by atoms with van der Waals surface area (Å²) in [7, 11) is 1.62. The van der Waals surface area contributed by atoms with Crippen molar-refractivity contribution in [3.8, 4) is 0 Å². The summed E-state index contributed by atoms with van der Waals surface area (Å²) in [6.07, 6.45) is -4.41. The molecule has 0 aliphatic rings. The van der Waals surface area contributed by atoms with Gasteiger partial charge in [-0.3, -0.25) is 9.89 Å². The first-order chi connectivity index (χ1) is 13.4. The van der Waals surface area contributed by atoms with Crippen LogP contribution in [0.3, 0.4) is 0 Å². The van der Waals surface area contributed by atoms with Gasteiger partial charge in [-0.1, -0.05) is 38.1 Å². The monoisotopic (exact) mass is 413 g/mol. The Morgan fingerprint density at radius 1 is 1.14 bits per heavy atom. The molecule has 0 fully saturated rings. The van der Waals surface area contributed by atoms with Gasteiger partial charge in [0.15, 0.2) is 11.7 Å². The van der Waals surface area contributed by atoms with Crippen LogP contribution in [0.4, 0.5) is 13.2 Å². The van der Waals surface area contributed by atoms with Gasteiger partial charge in [0, 0.05) is 25.5 Å². The fourth-order valence-electron chi connectivity index (χ4n) is 2.63.